The Bertz CT molecular complexity index is 1410. The van der Waals surface area contributed by atoms with Gasteiger partial charge in [0.05, 0.1) is 40.4 Å². The fraction of sp³-hybridized carbons (Fsp3) is 0.286. The molecule has 0 aliphatic carbocycles. The van der Waals surface area contributed by atoms with Crippen molar-refractivity contribution in [3.05, 3.63) is 82.4 Å². The van der Waals surface area contributed by atoms with Gasteiger partial charge in [0.1, 0.15) is 11.6 Å². The van der Waals surface area contributed by atoms with Crippen LogP contribution >= 0.6 is 11.8 Å². The lowest BCUT2D eigenvalue weighted by molar-refractivity contribution is -0.117. The van der Waals surface area contributed by atoms with Gasteiger partial charge < -0.3 is 15.5 Å². The summed E-state index contributed by atoms with van der Waals surface area (Å²) in [5.41, 5.74) is 5.13. The molecule has 0 spiro atoms. The number of aromatic nitrogens is 3. The van der Waals surface area contributed by atoms with Crippen LogP contribution in [-0.4, -0.2) is 47.0 Å². The number of fused-ring (bicyclic) bond motifs is 5. The molecule has 8 nitrogen and oxygen atoms in total. The number of para-hydroxylation sites is 1. The summed E-state index contributed by atoms with van der Waals surface area (Å²) in [6.45, 7) is 8.05. The number of hydrogen-bond acceptors (Lipinski definition) is 8. The second-order valence-corrected chi connectivity index (χ2v) is 10.3. The normalized spacial score (nSPS) is 17.8. The maximum atomic E-state index is 13.7. The van der Waals surface area contributed by atoms with E-state index in [2.05, 4.69) is 54.7 Å². The molecule has 6 rings (SSSR count). The van der Waals surface area contributed by atoms with Crippen molar-refractivity contribution < 1.29 is 4.79 Å². The predicted octanol–water partition coefficient (Wildman–Crippen LogP) is 4.17. The molecule has 2 N–H and O–H groups in total. The van der Waals surface area contributed by atoms with Crippen LogP contribution in [0.4, 0.5) is 17.3 Å². The van der Waals surface area contributed by atoms with Crippen LogP contribution in [0.25, 0.3) is 5.57 Å². The van der Waals surface area contributed by atoms with Crippen LogP contribution in [0.1, 0.15) is 30.3 Å². The van der Waals surface area contributed by atoms with Crippen molar-refractivity contribution >= 4 is 40.6 Å². The molecule has 0 atom stereocenters. The number of aryl methyl sites for hydroxylation is 1. The molecule has 2 aromatic heterocycles. The first-order valence-corrected chi connectivity index (χ1v) is 13.5. The van der Waals surface area contributed by atoms with Crippen molar-refractivity contribution in [2.75, 3.05) is 36.0 Å². The number of amides is 1. The highest BCUT2D eigenvalue weighted by atomic mass is 32.2. The average molecular weight is 512 g/mol. The summed E-state index contributed by atoms with van der Waals surface area (Å²) in [4.78, 5) is 33.2. The Balaban J connectivity index is 1.41. The van der Waals surface area contributed by atoms with Crippen LogP contribution in [0, 0.1) is 6.92 Å². The molecule has 0 bridgehead atoms. The lowest BCUT2D eigenvalue weighted by Gasteiger charge is -2.32. The first kappa shape index (κ1) is 23.7. The Morgan fingerprint density at radius 1 is 1.14 bits per heavy atom. The van der Waals surface area contributed by atoms with Gasteiger partial charge in [-0.25, -0.2) is 4.98 Å². The third kappa shape index (κ3) is 4.38. The smallest absolute Gasteiger partial charge is 0.254 e. The Hall–Kier alpha value is -3.69. The number of anilines is 3. The molecule has 1 fully saturated rings. The fourth-order valence-corrected chi connectivity index (χ4v) is 6.17. The number of carbonyl (C=O) groups is 1. The zero-order chi connectivity index (χ0) is 25.4. The highest BCUT2D eigenvalue weighted by Gasteiger charge is 2.39. The van der Waals surface area contributed by atoms with Crippen LogP contribution < -0.4 is 20.4 Å². The van der Waals surface area contributed by atoms with Crippen LogP contribution in [0.15, 0.2) is 70.4 Å². The maximum absolute atomic E-state index is 13.7. The van der Waals surface area contributed by atoms with Gasteiger partial charge in [0.15, 0.2) is 0 Å². The van der Waals surface area contributed by atoms with Gasteiger partial charge >= 0.3 is 0 Å². The standard InChI is InChI=1S/C28H29N7OS/c1-3-20-21-9-10-24(34-13-6-11-29-12-14-34)33-26(21)35-22-7-4-5-8-23(22)37-28(35)25(20)27(36)32-17-19-16-30-18(2)15-31-19/h3-5,7-10,15-16,29H,6,11-14,17H2,1-2H3,(H,32,36)/b20-3+. The largest absolute Gasteiger partial charge is 0.355 e. The third-order valence-electron chi connectivity index (χ3n) is 6.81. The van der Waals surface area contributed by atoms with Crippen molar-refractivity contribution in [2.45, 2.75) is 31.7 Å². The van der Waals surface area contributed by atoms with E-state index < -0.39 is 0 Å². The number of thioether (sulfide) groups is 1. The second-order valence-electron chi connectivity index (χ2n) is 9.25. The Labute approximate surface area is 220 Å². The summed E-state index contributed by atoms with van der Waals surface area (Å²) in [5.74, 6) is 1.71. The third-order valence-corrected chi connectivity index (χ3v) is 7.95. The average Bonchev–Trinajstić information content (AvgIpc) is 3.10. The molecule has 0 unspecified atom stereocenters. The van der Waals surface area contributed by atoms with Gasteiger partial charge in [0.2, 0.25) is 0 Å². The van der Waals surface area contributed by atoms with E-state index in [1.165, 1.54) is 0 Å². The minimum absolute atomic E-state index is 0.135. The van der Waals surface area contributed by atoms with Gasteiger partial charge in [-0.2, -0.15) is 0 Å². The molecule has 0 radical (unpaired) electrons. The van der Waals surface area contributed by atoms with Crippen LogP contribution in [0.2, 0.25) is 0 Å². The number of pyridine rings is 1. The Morgan fingerprint density at radius 3 is 2.86 bits per heavy atom. The van der Waals surface area contributed by atoms with Crippen LogP contribution in [0.5, 0.6) is 0 Å². The molecule has 1 saturated heterocycles. The molecular weight excluding hydrogens is 482 g/mol. The lowest BCUT2D eigenvalue weighted by atomic mass is 9.94. The molecule has 3 aliphatic rings. The molecule has 5 heterocycles. The number of benzene rings is 1. The summed E-state index contributed by atoms with van der Waals surface area (Å²) >= 11 is 1.62. The molecule has 9 heteroatoms. The van der Waals surface area contributed by atoms with Gasteiger partial charge in [0, 0.05) is 36.3 Å². The second kappa shape index (κ2) is 9.99. The number of carbonyl (C=O) groups excluding carboxylic acids is 1. The SMILES string of the molecule is C/C=C1/C(C(=O)NCc2cnc(C)cn2)=C2Sc3ccccc3N2c2nc(N3CCCNCC3)ccc21. The summed E-state index contributed by atoms with van der Waals surface area (Å²) in [6, 6.07) is 12.5. The predicted molar refractivity (Wildman–Crippen MR) is 148 cm³/mol. The topological polar surface area (TPSA) is 86.3 Å². The molecule has 37 heavy (non-hydrogen) atoms. The Morgan fingerprint density at radius 2 is 2.03 bits per heavy atom. The van der Waals surface area contributed by atoms with Gasteiger partial charge in [-0.15, -0.1) is 0 Å². The molecule has 1 aromatic carbocycles. The van der Waals surface area contributed by atoms with Crippen molar-refractivity contribution in [3.63, 3.8) is 0 Å². The summed E-state index contributed by atoms with van der Waals surface area (Å²) < 4.78 is 0. The van der Waals surface area contributed by atoms with Gasteiger partial charge in [-0.1, -0.05) is 30.0 Å². The summed E-state index contributed by atoms with van der Waals surface area (Å²) in [6.07, 6.45) is 6.52. The van der Waals surface area contributed by atoms with E-state index in [4.69, 9.17) is 4.98 Å². The molecule has 3 aliphatic heterocycles. The summed E-state index contributed by atoms with van der Waals surface area (Å²) in [5, 5.41) is 7.43. The van der Waals surface area contributed by atoms with E-state index in [9.17, 15) is 4.79 Å². The molecular formula is C28H29N7OS. The number of nitrogens with zero attached hydrogens (tertiary/aromatic N) is 5. The van der Waals surface area contributed by atoms with Gasteiger partial charge in [-0.3, -0.25) is 19.7 Å². The quantitative estimate of drug-likeness (QED) is 0.540. The first-order valence-electron chi connectivity index (χ1n) is 12.6. The molecule has 0 saturated carbocycles. The minimum atomic E-state index is -0.135. The summed E-state index contributed by atoms with van der Waals surface area (Å²) in [7, 11) is 0. The fourth-order valence-electron chi connectivity index (χ4n) is 4.97. The monoisotopic (exact) mass is 511 g/mol. The zero-order valence-electron chi connectivity index (χ0n) is 21.0. The van der Waals surface area contributed by atoms with Crippen molar-refractivity contribution in [2.24, 2.45) is 0 Å². The van der Waals surface area contributed by atoms with Crippen molar-refractivity contribution in [1.29, 1.82) is 0 Å². The molecule has 1 amide bonds. The van der Waals surface area contributed by atoms with Crippen LogP contribution in [-0.2, 0) is 11.3 Å². The number of rotatable bonds is 4. The minimum Gasteiger partial charge on any atom is -0.355 e. The lowest BCUT2D eigenvalue weighted by Crippen LogP contribution is -2.32. The zero-order valence-corrected chi connectivity index (χ0v) is 21.8. The van der Waals surface area contributed by atoms with Crippen LogP contribution in [0.3, 0.4) is 0 Å². The highest BCUT2D eigenvalue weighted by Crippen LogP contribution is 2.56. The van der Waals surface area contributed by atoms with E-state index in [-0.39, 0.29) is 5.91 Å². The van der Waals surface area contributed by atoms with Crippen molar-refractivity contribution in [3.8, 4) is 0 Å². The maximum Gasteiger partial charge on any atom is 0.254 e. The first-order chi connectivity index (χ1) is 18.1. The van der Waals surface area contributed by atoms with Crippen molar-refractivity contribution in [1.82, 2.24) is 25.6 Å². The van der Waals surface area contributed by atoms with E-state index >= 15 is 0 Å². The molecule has 3 aromatic rings. The number of allylic oxidation sites excluding steroid dienone is 1. The highest BCUT2D eigenvalue weighted by molar-refractivity contribution is 8.03. The number of hydrogen-bond donors (Lipinski definition) is 2. The van der Waals surface area contributed by atoms with Gasteiger partial charge in [-0.05, 0) is 56.7 Å². The van der Waals surface area contributed by atoms with E-state index in [1.807, 2.05) is 32.1 Å². The Kier molecular flexibility index (Phi) is 6.40. The molecule has 188 valence electrons. The van der Waals surface area contributed by atoms with E-state index in [1.54, 1.807) is 24.2 Å². The van der Waals surface area contributed by atoms with E-state index in [0.29, 0.717) is 12.1 Å². The number of nitrogens with one attached hydrogen (secondary N) is 2. The van der Waals surface area contributed by atoms with E-state index in [0.717, 1.165) is 82.4 Å². The van der Waals surface area contributed by atoms with Gasteiger partial charge in [0.25, 0.3) is 5.91 Å².